The molecule has 1 aliphatic carbocycles. The fraction of sp³-hybridized carbons (Fsp3) is 0.818. The molecule has 1 fully saturated rings. The molecule has 0 saturated heterocycles. The van der Waals surface area contributed by atoms with Crippen LogP contribution < -0.4 is 0 Å². The highest BCUT2D eigenvalue weighted by molar-refractivity contribution is 6.27. The molecule has 1 amide bonds. The number of nitrogens with zero attached hydrogens (tertiary/aromatic N) is 2. The first-order chi connectivity index (χ1) is 7.70. The molecule has 0 spiro atoms. The van der Waals surface area contributed by atoms with E-state index in [1.165, 1.54) is 4.90 Å². The molecule has 1 rings (SSSR count). The third-order valence-corrected chi connectivity index (χ3v) is 3.18. The molecule has 1 saturated carbocycles. The Labute approximate surface area is 100 Å². The van der Waals surface area contributed by atoms with Crippen molar-refractivity contribution in [1.82, 2.24) is 4.90 Å². The molecular weight excluding hydrogens is 231 g/mol. The van der Waals surface area contributed by atoms with Crippen molar-refractivity contribution in [2.45, 2.75) is 44.3 Å². The predicted molar refractivity (Wildman–Crippen MR) is 59.8 cm³/mol. The Balaban J connectivity index is 2.66. The van der Waals surface area contributed by atoms with Gasteiger partial charge >= 0.3 is 0 Å². The van der Waals surface area contributed by atoms with Gasteiger partial charge in [-0.3, -0.25) is 4.79 Å². The van der Waals surface area contributed by atoms with Gasteiger partial charge in [0.15, 0.2) is 0 Å². The molecule has 0 aliphatic heterocycles. The van der Waals surface area contributed by atoms with E-state index in [2.05, 4.69) is 0 Å². The Hall–Kier alpha value is -0.820. The number of rotatable bonds is 4. The average Bonchev–Trinajstić information content (AvgIpc) is 2.31. The number of carbonyl (C=O) groups excluding carboxylic acids is 1. The summed E-state index contributed by atoms with van der Waals surface area (Å²) in [6, 6.07) is 1.59. The topological polar surface area (TPSA) is 44.1 Å². The van der Waals surface area contributed by atoms with Crippen LogP contribution in [0.4, 0.5) is 4.39 Å². The number of hydrogen-bond donors (Lipinski definition) is 0. The van der Waals surface area contributed by atoms with Crippen molar-refractivity contribution in [3.05, 3.63) is 0 Å². The molecule has 0 bridgehead atoms. The SMILES string of the molecule is N#CCCN(C(=O)CCl)C1CCCCC1F. The maximum atomic E-state index is 13.7. The van der Waals surface area contributed by atoms with Gasteiger partial charge in [-0.1, -0.05) is 12.8 Å². The van der Waals surface area contributed by atoms with Crippen LogP contribution in [0.2, 0.25) is 0 Å². The molecular formula is C11H16ClFN2O. The van der Waals surface area contributed by atoms with Crippen molar-refractivity contribution < 1.29 is 9.18 Å². The number of amides is 1. The number of nitriles is 1. The summed E-state index contributed by atoms with van der Waals surface area (Å²) in [6.07, 6.45) is 2.24. The third kappa shape index (κ3) is 3.34. The van der Waals surface area contributed by atoms with E-state index < -0.39 is 6.17 Å². The lowest BCUT2D eigenvalue weighted by Crippen LogP contribution is -2.48. The van der Waals surface area contributed by atoms with Crippen molar-refractivity contribution in [2.24, 2.45) is 0 Å². The van der Waals surface area contributed by atoms with Gasteiger partial charge in [-0.15, -0.1) is 11.6 Å². The van der Waals surface area contributed by atoms with Gasteiger partial charge in [0, 0.05) is 6.54 Å². The largest absolute Gasteiger partial charge is 0.335 e. The lowest BCUT2D eigenvalue weighted by Gasteiger charge is -2.35. The second-order valence-corrected chi connectivity index (χ2v) is 4.26. The van der Waals surface area contributed by atoms with Crippen LogP contribution in [0.15, 0.2) is 0 Å². The molecule has 90 valence electrons. The summed E-state index contributed by atoms with van der Waals surface area (Å²) in [6.45, 7) is 0.285. The summed E-state index contributed by atoms with van der Waals surface area (Å²) >= 11 is 5.50. The Bertz CT molecular complexity index is 280. The van der Waals surface area contributed by atoms with Crippen LogP contribution in [0.5, 0.6) is 0 Å². The van der Waals surface area contributed by atoms with Crippen LogP contribution in [-0.4, -0.2) is 35.4 Å². The maximum absolute atomic E-state index is 13.7. The maximum Gasteiger partial charge on any atom is 0.237 e. The van der Waals surface area contributed by atoms with Crippen LogP contribution in [-0.2, 0) is 4.79 Å². The van der Waals surface area contributed by atoms with Gasteiger partial charge in [-0.2, -0.15) is 5.26 Å². The predicted octanol–water partition coefficient (Wildman–Crippen LogP) is 2.25. The summed E-state index contributed by atoms with van der Waals surface area (Å²) in [5, 5.41) is 8.52. The van der Waals surface area contributed by atoms with Gasteiger partial charge < -0.3 is 4.90 Å². The van der Waals surface area contributed by atoms with Crippen molar-refractivity contribution in [3.8, 4) is 6.07 Å². The van der Waals surface area contributed by atoms with Crippen molar-refractivity contribution in [1.29, 1.82) is 5.26 Å². The summed E-state index contributed by atoms with van der Waals surface area (Å²) in [5.74, 6) is -0.416. The highest BCUT2D eigenvalue weighted by Crippen LogP contribution is 2.26. The molecule has 5 heteroatoms. The zero-order valence-electron chi connectivity index (χ0n) is 9.16. The van der Waals surface area contributed by atoms with Crippen molar-refractivity contribution >= 4 is 17.5 Å². The lowest BCUT2D eigenvalue weighted by molar-refractivity contribution is -0.133. The summed E-state index contributed by atoms with van der Waals surface area (Å²) < 4.78 is 13.7. The molecule has 16 heavy (non-hydrogen) atoms. The van der Waals surface area contributed by atoms with Gasteiger partial charge in [0.25, 0.3) is 0 Å². The monoisotopic (exact) mass is 246 g/mol. The minimum absolute atomic E-state index is 0.144. The smallest absolute Gasteiger partial charge is 0.237 e. The van der Waals surface area contributed by atoms with Crippen LogP contribution in [0.1, 0.15) is 32.1 Å². The van der Waals surface area contributed by atoms with E-state index in [4.69, 9.17) is 16.9 Å². The Morgan fingerprint density at radius 3 is 2.75 bits per heavy atom. The van der Waals surface area contributed by atoms with Gasteiger partial charge in [-0.05, 0) is 12.8 Å². The second kappa shape index (κ2) is 6.70. The van der Waals surface area contributed by atoms with E-state index in [0.29, 0.717) is 12.8 Å². The van der Waals surface area contributed by atoms with Crippen molar-refractivity contribution in [2.75, 3.05) is 12.4 Å². The normalized spacial score (nSPS) is 24.8. The zero-order chi connectivity index (χ0) is 12.0. The second-order valence-electron chi connectivity index (χ2n) is 4.00. The molecule has 0 aromatic carbocycles. The Kier molecular flexibility index (Phi) is 5.54. The molecule has 0 heterocycles. The van der Waals surface area contributed by atoms with Crippen LogP contribution in [0.25, 0.3) is 0 Å². The minimum Gasteiger partial charge on any atom is -0.335 e. The number of hydrogen-bond acceptors (Lipinski definition) is 2. The van der Waals surface area contributed by atoms with Crippen molar-refractivity contribution in [3.63, 3.8) is 0 Å². The first-order valence-corrected chi connectivity index (χ1v) is 6.10. The number of carbonyl (C=O) groups is 1. The molecule has 0 aromatic rings. The van der Waals surface area contributed by atoms with Crippen LogP contribution >= 0.6 is 11.6 Å². The molecule has 0 radical (unpaired) electrons. The highest BCUT2D eigenvalue weighted by Gasteiger charge is 2.32. The van der Waals surface area contributed by atoms with Gasteiger partial charge in [0.1, 0.15) is 12.1 Å². The fourth-order valence-corrected chi connectivity index (χ4v) is 2.29. The fourth-order valence-electron chi connectivity index (χ4n) is 2.14. The van der Waals surface area contributed by atoms with E-state index in [1.807, 2.05) is 6.07 Å². The summed E-state index contributed by atoms with van der Waals surface area (Å²) in [4.78, 5) is 13.0. The average molecular weight is 247 g/mol. The van der Waals surface area contributed by atoms with E-state index in [-0.39, 0.29) is 30.8 Å². The third-order valence-electron chi connectivity index (χ3n) is 2.95. The zero-order valence-corrected chi connectivity index (χ0v) is 9.92. The Morgan fingerprint density at radius 1 is 1.50 bits per heavy atom. The first-order valence-electron chi connectivity index (χ1n) is 5.57. The molecule has 2 unspecified atom stereocenters. The van der Waals surface area contributed by atoms with E-state index in [9.17, 15) is 9.18 Å². The van der Waals surface area contributed by atoms with Gasteiger partial charge in [0.2, 0.25) is 5.91 Å². The van der Waals surface area contributed by atoms with Crippen LogP contribution in [0.3, 0.4) is 0 Å². The van der Waals surface area contributed by atoms with E-state index in [0.717, 1.165) is 12.8 Å². The first kappa shape index (κ1) is 13.2. The molecule has 2 atom stereocenters. The Morgan fingerprint density at radius 2 is 2.19 bits per heavy atom. The highest BCUT2D eigenvalue weighted by atomic mass is 35.5. The molecule has 0 aromatic heterocycles. The van der Waals surface area contributed by atoms with Gasteiger partial charge in [0.05, 0.1) is 18.5 Å². The number of alkyl halides is 2. The van der Waals surface area contributed by atoms with E-state index in [1.54, 1.807) is 0 Å². The van der Waals surface area contributed by atoms with E-state index >= 15 is 0 Å². The minimum atomic E-state index is -0.973. The number of halogens is 2. The molecule has 0 N–H and O–H groups in total. The van der Waals surface area contributed by atoms with Crippen LogP contribution in [0, 0.1) is 11.3 Å². The standard InChI is InChI=1S/C11H16ClFN2O/c12-8-11(16)15(7-3-6-14)10-5-2-1-4-9(10)13/h9-10H,1-5,7-8H2. The van der Waals surface area contributed by atoms with Gasteiger partial charge in [-0.25, -0.2) is 4.39 Å². The summed E-state index contributed by atoms with van der Waals surface area (Å²) in [7, 11) is 0. The lowest BCUT2D eigenvalue weighted by atomic mass is 9.92. The quantitative estimate of drug-likeness (QED) is 0.714. The molecule has 3 nitrogen and oxygen atoms in total. The molecule has 1 aliphatic rings. The summed E-state index contributed by atoms with van der Waals surface area (Å²) in [5.41, 5.74) is 0.